The van der Waals surface area contributed by atoms with Crippen LogP contribution in [0, 0.1) is 0 Å². The van der Waals surface area contributed by atoms with Crippen LogP contribution in [0.4, 0.5) is 0 Å². The van der Waals surface area contributed by atoms with Crippen LogP contribution in [0.5, 0.6) is 0 Å². The SMILES string of the molecule is CN(Cc1ccc(Cl)s1)C(CO)CCO. The van der Waals surface area contributed by atoms with Crippen LogP contribution < -0.4 is 0 Å². The van der Waals surface area contributed by atoms with E-state index in [1.54, 1.807) is 11.3 Å². The van der Waals surface area contributed by atoms with Crippen LogP contribution in [0.2, 0.25) is 4.34 Å². The molecule has 0 bridgehead atoms. The Morgan fingerprint density at radius 3 is 2.67 bits per heavy atom. The summed E-state index contributed by atoms with van der Waals surface area (Å²) in [5.41, 5.74) is 0. The summed E-state index contributed by atoms with van der Waals surface area (Å²) in [5.74, 6) is 0. The number of likely N-dealkylation sites (N-methyl/N-ethyl adjacent to an activating group) is 1. The molecule has 1 atom stereocenters. The van der Waals surface area contributed by atoms with Crippen molar-refractivity contribution in [1.29, 1.82) is 0 Å². The van der Waals surface area contributed by atoms with E-state index in [-0.39, 0.29) is 19.3 Å². The van der Waals surface area contributed by atoms with Crippen molar-refractivity contribution in [2.75, 3.05) is 20.3 Å². The first-order valence-corrected chi connectivity index (χ1v) is 6.03. The van der Waals surface area contributed by atoms with Gasteiger partial charge in [0.25, 0.3) is 0 Å². The summed E-state index contributed by atoms with van der Waals surface area (Å²) in [6, 6.07) is 3.86. The van der Waals surface area contributed by atoms with Crippen LogP contribution in [-0.2, 0) is 6.54 Å². The predicted molar refractivity (Wildman–Crippen MR) is 63.4 cm³/mol. The van der Waals surface area contributed by atoms with E-state index in [9.17, 15) is 0 Å². The van der Waals surface area contributed by atoms with Crippen molar-refractivity contribution in [3.05, 3.63) is 21.3 Å². The molecule has 0 radical (unpaired) electrons. The zero-order valence-electron chi connectivity index (χ0n) is 8.69. The minimum Gasteiger partial charge on any atom is -0.396 e. The maximum Gasteiger partial charge on any atom is 0.0931 e. The van der Waals surface area contributed by atoms with Gasteiger partial charge in [-0.15, -0.1) is 11.3 Å². The van der Waals surface area contributed by atoms with Crippen LogP contribution in [0.25, 0.3) is 0 Å². The lowest BCUT2D eigenvalue weighted by Gasteiger charge is -2.25. The molecule has 0 saturated carbocycles. The van der Waals surface area contributed by atoms with Gasteiger partial charge >= 0.3 is 0 Å². The third-order valence-corrected chi connectivity index (χ3v) is 3.55. The Morgan fingerprint density at radius 1 is 1.47 bits per heavy atom. The summed E-state index contributed by atoms with van der Waals surface area (Å²) in [5, 5.41) is 18.0. The average Bonchev–Trinajstić information content (AvgIpc) is 2.60. The predicted octanol–water partition coefficient (Wildman–Crippen LogP) is 1.58. The van der Waals surface area contributed by atoms with Gasteiger partial charge in [-0.1, -0.05) is 11.6 Å². The van der Waals surface area contributed by atoms with E-state index in [0.29, 0.717) is 6.42 Å². The lowest BCUT2D eigenvalue weighted by Crippen LogP contribution is -2.34. The van der Waals surface area contributed by atoms with Crippen LogP contribution in [0.15, 0.2) is 12.1 Å². The first-order chi connectivity index (χ1) is 7.17. The minimum absolute atomic E-state index is 0.0101. The summed E-state index contributed by atoms with van der Waals surface area (Å²) in [4.78, 5) is 3.19. The highest BCUT2D eigenvalue weighted by Crippen LogP contribution is 2.23. The van der Waals surface area contributed by atoms with Gasteiger partial charge in [-0.2, -0.15) is 0 Å². The Kier molecular flexibility index (Phi) is 5.56. The minimum atomic E-state index is 0.0101. The zero-order valence-corrected chi connectivity index (χ0v) is 10.3. The molecule has 1 rings (SSSR count). The van der Waals surface area contributed by atoms with Crippen LogP contribution in [-0.4, -0.2) is 41.4 Å². The van der Waals surface area contributed by atoms with Gasteiger partial charge in [0.05, 0.1) is 10.9 Å². The molecule has 2 N–H and O–H groups in total. The highest BCUT2D eigenvalue weighted by molar-refractivity contribution is 7.16. The Labute approximate surface area is 98.9 Å². The topological polar surface area (TPSA) is 43.7 Å². The fraction of sp³-hybridized carbons (Fsp3) is 0.600. The standard InChI is InChI=1S/C10H16ClNO2S/c1-12(8(7-14)4-5-13)6-9-2-3-10(11)15-9/h2-3,8,13-14H,4-7H2,1H3. The van der Waals surface area contributed by atoms with Gasteiger partial charge in [0.2, 0.25) is 0 Å². The lowest BCUT2D eigenvalue weighted by molar-refractivity contribution is 0.115. The third kappa shape index (κ3) is 4.09. The molecule has 0 fully saturated rings. The van der Waals surface area contributed by atoms with Crippen LogP contribution in [0.1, 0.15) is 11.3 Å². The van der Waals surface area contributed by atoms with E-state index < -0.39 is 0 Å². The van der Waals surface area contributed by atoms with Crippen molar-refractivity contribution >= 4 is 22.9 Å². The normalized spacial score (nSPS) is 13.4. The van der Waals surface area contributed by atoms with Gasteiger partial charge in [0.15, 0.2) is 0 Å². The Hall–Kier alpha value is -0.130. The smallest absolute Gasteiger partial charge is 0.0931 e. The third-order valence-electron chi connectivity index (χ3n) is 2.33. The van der Waals surface area contributed by atoms with Crippen molar-refractivity contribution in [3.8, 4) is 0 Å². The van der Waals surface area contributed by atoms with E-state index in [1.165, 1.54) is 4.88 Å². The first kappa shape index (κ1) is 12.9. The molecule has 15 heavy (non-hydrogen) atoms. The molecule has 1 unspecified atom stereocenters. The van der Waals surface area contributed by atoms with Crippen molar-refractivity contribution < 1.29 is 10.2 Å². The molecule has 1 aromatic heterocycles. The Bertz CT molecular complexity index is 293. The maximum absolute atomic E-state index is 9.14. The molecule has 5 heteroatoms. The molecule has 0 aliphatic heterocycles. The zero-order chi connectivity index (χ0) is 11.3. The van der Waals surface area contributed by atoms with Crippen molar-refractivity contribution in [2.24, 2.45) is 0 Å². The van der Waals surface area contributed by atoms with Gasteiger partial charge in [0.1, 0.15) is 0 Å². The number of thiophene rings is 1. The van der Waals surface area contributed by atoms with Crippen molar-refractivity contribution in [2.45, 2.75) is 19.0 Å². The van der Waals surface area contributed by atoms with Crippen molar-refractivity contribution in [3.63, 3.8) is 0 Å². The van der Waals surface area contributed by atoms with E-state index in [1.807, 2.05) is 24.1 Å². The Morgan fingerprint density at radius 2 is 2.20 bits per heavy atom. The molecule has 0 saturated heterocycles. The van der Waals surface area contributed by atoms with E-state index in [2.05, 4.69) is 0 Å². The number of rotatable bonds is 6. The fourth-order valence-corrected chi connectivity index (χ4v) is 2.56. The second-order valence-electron chi connectivity index (χ2n) is 3.47. The number of nitrogens with zero attached hydrogens (tertiary/aromatic N) is 1. The molecular weight excluding hydrogens is 234 g/mol. The quantitative estimate of drug-likeness (QED) is 0.805. The molecule has 0 aromatic carbocycles. The van der Waals surface area contributed by atoms with Gasteiger partial charge in [-0.25, -0.2) is 0 Å². The lowest BCUT2D eigenvalue weighted by atomic mass is 10.2. The second-order valence-corrected chi connectivity index (χ2v) is 5.27. The molecular formula is C10H16ClNO2S. The molecule has 86 valence electrons. The first-order valence-electron chi connectivity index (χ1n) is 4.83. The van der Waals surface area contributed by atoms with E-state index in [4.69, 9.17) is 21.8 Å². The molecule has 1 heterocycles. The summed E-state index contributed by atoms with van der Waals surface area (Å²) in [7, 11) is 1.93. The molecule has 0 spiro atoms. The number of halogens is 1. The highest BCUT2D eigenvalue weighted by atomic mass is 35.5. The molecule has 3 nitrogen and oxygen atoms in total. The fourth-order valence-electron chi connectivity index (χ4n) is 1.41. The Balaban J connectivity index is 2.49. The van der Waals surface area contributed by atoms with Gasteiger partial charge < -0.3 is 10.2 Å². The van der Waals surface area contributed by atoms with Gasteiger partial charge in [-0.05, 0) is 25.6 Å². The average molecular weight is 250 g/mol. The number of aliphatic hydroxyl groups excluding tert-OH is 2. The molecule has 1 aromatic rings. The largest absolute Gasteiger partial charge is 0.396 e. The van der Waals surface area contributed by atoms with Crippen LogP contribution in [0.3, 0.4) is 0 Å². The second kappa shape index (κ2) is 6.45. The summed E-state index contributed by atoms with van der Waals surface area (Å²) in [6.07, 6.45) is 0.589. The highest BCUT2D eigenvalue weighted by Gasteiger charge is 2.13. The van der Waals surface area contributed by atoms with Gasteiger partial charge in [-0.3, -0.25) is 4.90 Å². The van der Waals surface area contributed by atoms with E-state index >= 15 is 0 Å². The number of hydrogen-bond acceptors (Lipinski definition) is 4. The summed E-state index contributed by atoms with van der Waals surface area (Å²) >= 11 is 7.37. The number of hydrogen-bond donors (Lipinski definition) is 2. The number of aliphatic hydroxyl groups is 2. The molecule has 0 amide bonds. The summed E-state index contributed by atoms with van der Waals surface area (Å²) in [6.45, 7) is 0.916. The van der Waals surface area contributed by atoms with Gasteiger partial charge in [0, 0.05) is 24.1 Å². The maximum atomic E-state index is 9.14. The van der Waals surface area contributed by atoms with E-state index in [0.717, 1.165) is 10.9 Å². The monoisotopic (exact) mass is 249 g/mol. The van der Waals surface area contributed by atoms with Crippen LogP contribution >= 0.6 is 22.9 Å². The molecule has 0 aliphatic rings. The summed E-state index contributed by atoms with van der Waals surface area (Å²) < 4.78 is 0.779. The molecule has 0 aliphatic carbocycles. The van der Waals surface area contributed by atoms with Crippen molar-refractivity contribution in [1.82, 2.24) is 4.90 Å².